The van der Waals surface area contributed by atoms with Gasteiger partial charge in [-0.3, -0.25) is 14.2 Å². The Labute approximate surface area is 257 Å². The molecule has 14 nitrogen and oxygen atoms in total. The molecule has 2 atom stereocenters. The van der Waals surface area contributed by atoms with Crippen LogP contribution in [0.4, 0.5) is 10.6 Å². The van der Waals surface area contributed by atoms with Crippen molar-refractivity contribution >= 4 is 31.3 Å². The Bertz CT molecular complexity index is 1330. The topological polar surface area (TPSA) is 153 Å². The maximum atomic E-state index is 13.7. The lowest BCUT2D eigenvalue weighted by molar-refractivity contribution is -0.133. The molecule has 2 aliphatic heterocycles. The second kappa shape index (κ2) is 15.4. The van der Waals surface area contributed by atoms with Gasteiger partial charge in [-0.2, -0.15) is 0 Å². The van der Waals surface area contributed by atoms with Crippen molar-refractivity contribution in [2.75, 3.05) is 72.1 Å². The van der Waals surface area contributed by atoms with E-state index in [1.807, 2.05) is 42.2 Å². The zero-order valence-corrected chi connectivity index (χ0v) is 26.5. The summed E-state index contributed by atoms with van der Waals surface area (Å²) in [5.41, 5.74) is 0.676. The summed E-state index contributed by atoms with van der Waals surface area (Å²) in [4.78, 5) is 54.0. The fourth-order valence-electron chi connectivity index (χ4n) is 4.99. The molecule has 0 saturated carbocycles. The number of aromatic nitrogens is 2. The zero-order valence-electron chi connectivity index (χ0n) is 25.6. The zero-order chi connectivity index (χ0) is 31.7. The van der Waals surface area contributed by atoms with Gasteiger partial charge in [-0.05, 0) is 12.8 Å². The third-order valence-electron chi connectivity index (χ3n) is 7.68. The van der Waals surface area contributed by atoms with E-state index in [0.29, 0.717) is 36.9 Å². The molecule has 1 aromatic carbocycles. The van der Waals surface area contributed by atoms with Gasteiger partial charge in [0.1, 0.15) is 11.5 Å². The fourth-order valence-corrected chi connectivity index (χ4v) is 6.27. The molecular weight excluding hydrogens is 591 g/mol. The molecule has 0 radical (unpaired) electrons. The lowest BCUT2D eigenvalue weighted by Gasteiger charge is -2.36. The van der Waals surface area contributed by atoms with Gasteiger partial charge in [0.15, 0.2) is 5.82 Å². The van der Waals surface area contributed by atoms with Gasteiger partial charge in [0.2, 0.25) is 5.78 Å². The molecule has 3 amide bonds. The van der Waals surface area contributed by atoms with Gasteiger partial charge in [0.25, 0.3) is 11.8 Å². The standard InChI is InChI=1S/C29H41N6O8P/c1-5-6-18-43-29(38)34-16-14-33(15-17-34)28(37)27(44(39,41-3)42-4)32-26(36)23-19-24(35-13-12-22(20-35)40-2)31-25(30-23)21-10-8-7-9-11-21/h7-11,19,22,27H,5-6,12-18,20H2,1-4H3,(H,32,36)/t22-,27?/m0/s1. The Morgan fingerprint density at radius 3 is 2.30 bits per heavy atom. The van der Waals surface area contributed by atoms with Crippen molar-refractivity contribution in [3.05, 3.63) is 42.1 Å². The average Bonchev–Trinajstić information content (AvgIpc) is 3.56. The van der Waals surface area contributed by atoms with Crippen LogP contribution < -0.4 is 10.2 Å². The number of amides is 3. The molecule has 4 rings (SSSR count). The van der Waals surface area contributed by atoms with Crippen LogP contribution >= 0.6 is 7.60 Å². The number of carbonyl (C=O) groups is 3. The van der Waals surface area contributed by atoms with E-state index in [1.54, 1.807) is 7.11 Å². The smallest absolute Gasteiger partial charge is 0.409 e. The lowest BCUT2D eigenvalue weighted by Crippen LogP contribution is -2.56. The summed E-state index contributed by atoms with van der Waals surface area (Å²) < 4.78 is 34.7. The molecule has 2 fully saturated rings. The number of nitrogens with one attached hydrogen (secondary N) is 1. The van der Waals surface area contributed by atoms with Gasteiger partial charge in [-0.15, -0.1) is 0 Å². The van der Waals surface area contributed by atoms with Crippen LogP contribution in [0.2, 0.25) is 0 Å². The first-order valence-corrected chi connectivity index (χ1v) is 16.3. The molecule has 1 N–H and O–H groups in total. The maximum absolute atomic E-state index is 13.7. The van der Waals surface area contributed by atoms with E-state index in [2.05, 4.69) is 10.3 Å². The number of rotatable bonds is 12. The Morgan fingerprint density at radius 2 is 1.68 bits per heavy atom. The number of anilines is 1. The summed E-state index contributed by atoms with van der Waals surface area (Å²) in [5.74, 6) is -2.23. The minimum absolute atomic E-state index is 0.0223. The molecule has 44 heavy (non-hydrogen) atoms. The normalized spacial score (nSPS) is 17.8. The van der Waals surface area contributed by atoms with Crippen LogP contribution in [0.3, 0.4) is 0 Å². The third kappa shape index (κ3) is 7.92. The molecule has 0 aliphatic carbocycles. The number of hydrogen-bond donors (Lipinski definition) is 1. The quantitative estimate of drug-likeness (QED) is 0.272. The van der Waals surface area contributed by atoms with Crippen molar-refractivity contribution in [1.82, 2.24) is 25.1 Å². The summed E-state index contributed by atoms with van der Waals surface area (Å²) in [5, 5.41) is 2.58. The molecule has 2 saturated heterocycles. The van der Waals surface area contributed by atoms with Gasteiger partial charge >= 0.3 is 13.7 Å². The molecule has 240 valence electrons. The first-order valence-electron chi connectivity index (χ1n) is 14.7. The van der Waals surface area contributed by atoms with Crippen molar-refractivity contribution < 1.29 is 37.5 Å². The van der Waals surface area contributed by atoms with E-state index in [9.17, 15) is 18.9 Å². The first kappa shape index (κ1) is 33.3. The van der Waals surface area contributed by atoms with Crippen LogP contribution in [0.5, 0.6) is 0 Å². The lowest BCUT2D eigenvalue weighted by atomic mass is 10.2. The number of piperazine rings is 1. The van der Waals surface area contributed by atoms with Crippen molar-refractivity contribution in [2.24, 2.45) is 0 Å². The number of unbranched alkanes of at least 4 members (excludes halogenated alkanes) is 1. The Kier molecular flexibility index (Phi) is 11.7. The highest BCUT2D eigenvalue weighted by Gasteiger charge is 2.44. The highest BCUT2D eigenvalue weighted by atomic mass is 31.2. The monoisotopic (exact) mass is 632 g/mol. The van der Waals surface area contributed by atoms with E-state index in [-0.39, 0.29) is 38.0 Å². The van der Waals surface area contributed by atoms with Crippen molar-refractivity contribution in [3.8, 4) is 11.4 Å². The number of methoxy groups -OCH3 is 1. The first-order chi connectivity index (χ1) is 21.2. The van der Waals surface area contributed by atoms with E-state index >= 15 is 0 Å². The summed E-state index contributed by atoms with van der Waals surface area (Å²) in [6.07, 6.45) is 2.05. The van der Waals surface area contributed by atoms with Crippen LogP contribution in [0.15, 0.2) is 36.4 Å². The van der Waals surface area contributed by atoms with Gasteiger partial charge in [0.05, 0.1) is 12.7 Å². The molecule has 0 spiro atoms. The molecule has 0 bridgehead atoms. The number of nitrogens with zero attached hydrogens (tertiary/aromatic N) is 5. The summed E-state index contributed by atoms with van der Waals surface area (Å²) in [6, 6.07) is 10.7. The van der Waals surface area contributed by atoms with Crippen LogP contribution in [0, 0.1) is 0 Å². The Morgan fingerprint density at radius 1 is 1.00 bits per heavy atom. The highest BCUT2D eigenvalue weighted by molar-refractivity contribution is 7.55. The highest BCUT2D eigenvalue weighted by Crippen LogP contribution is 2.51. The molecular formula is C29H41N6O8P. The van der Waals surface area contributed by atoms with Crippen LogP contribution in [0.25, 0.3) is 11.4 Å². The number of carbonyl (C=O) groups excluding carboxylic acids is 3. The summed E-state index contributed by atoms with van der Waals surface area (Å²) in [6.45, 7) is 4.32. The van der Waals surface area contributed by atoms with Crippen LogP contribution in [0.1, 0.15) is 36.7 Å². The summed E-state index contributed by atoms with van der Waals surface area (Å²) >= 11 is 0. The average molecular weight is 633 g/mol. The van der Waals surface area contributed by atoms with E-state index in [0.717, 1.165) is 33.5 Å². The molecule has 2 aliphatic rings. The van der Waals surface area contributed by atoms with E-state index < -0.39 is 31.3 Å². The van der Waals surface area contributed by atoms with E-state index in [1.165, 1.54) is 15.9 Å². The summed E-state index contributed by atoms with van der Waals surface area (Å²) in [7, 11) is -0.200. The SMILES string of the molecule is CCCCOC(=O)N1CCN(C(=O)C(NC(=O)c2cc(N3CC[C@H](OC)C3)nc(-c3ccccc3)n2)P(=O)(OC)OC)CC1. The largest absolute Gasteiger partial charge is 0.449 e. The van der Waals surface area contributed by atoms with Gasteiger partial charge in [-0.25, -0.2) is 14.8 Å². The molecule has 1 unspecified atom stereocenters. The second-order valence-electron chi connectivity index (χ2n) is 10.5. The van der Waals surface area contributed by atoms with Crippen LogP contribution in [-0.4, -0.2) is 117 Å². The molecule has 1 aromatic heterocycles. The van der Waals surface area contributed by atoms with Crippen molar-refractivity contribution in [1.29, 1.82) is 0 Å². The molecule has 15 heteroatoms. The fraction of sp³-hybridized carbons (Fsp3) is 0.552. The Balaban J connectivity index is 1.56. The number of ether oxygens (including phenoxy) is 2. The van der Waals surface area contributed by atoms with Crippen molar-refractivity contribution in [2.45, 2.75) is 38.1 Å². The van der Waals surface area contributed by atoms with E-state index in [4.69, 9.17) is 23.5 Å². The molecule has 2 aromatic rings. The van der Waals surface area contributed by atoms with Gasteiger partial charge in [0, 0.05) is 72.2 Å². The number of benzene rings is 1. The Hall–Kier alpha value is -3.58. The predicted molar refractivity (Wildman–Crippen MR) is 162 cm³/mol. The second-order valence-corrected chi connectivity index (χ2v) is 12.8. The minimum atomic E-state index is -4.15. The van der Waals surface area contributed by atoms with Crippen molar-refractivity contribution in [3.63, 3.8) is 0 Å². The van der Waals surface area contributed by atoms with Gasteiger partial charge < -0.3 is 38.5 Å². The predicted octanol–water partition coefficient (Wildman–Crippen LogP) is 2.99. The molecule has 3 heterocycles. The van der Waals surface area contributed by atoms with Gasteiger partial charge in [-0.1, -0.05) is 43.7 Å². The minimum Gasteiger partial charge on any atom is -0.449 e. The van der Waals surface area contributed by atoms with Crippen LogP contribution in [-0.2, 0) is 27.9 Å². The third-order valence-corrected chi connectivity index (χ3v) is 9.68. The number of hydrogen-bond acceptors (Lipinski definition) is 11. The maximum Gasteiger partial charge on any atom is 0.409 e.